The summed E-state index contributed by atoms with van der Waals surface area (Å²) in [6.07, 6.45) is 3.22. The van der Waals surface area contributed by atoms with Gasteiger partial charge in [-0.3, -0.25) is 0 Å². The molecule has 4 nitrogen and oxygen atoms in total. The van der Waals surface area contributed by atoms with Crippen LogP contribution in [0.4, 0.5) is 0 Å². The standard InChI is InChI=1S/C15H22BrNO3S/c1-11-5-7-15(10-18,8-6-11)17-21(19,20)14-9-13(16)4-3-12(14)2/h3-4,9,11,17-18H,5-8,10H2,1-2H3. The monoisotopic (exact) mass is 375 g/mol. The molecule has 0 heterocycles. The molecule has 0 bridgehead atoms. The number of rotatable bonds is 4. The Morgan fingerprint density at radius 1 is 1.38 bits per heavy atom. The van der Waals surface area contributed by atoms with Crippen molar-refractivity contribution in [1.82, 2.24) is 4.72 Å². The van der Waals surface area contributed by atoms with Crippen molar-refractivity contribution in [1.29, 1.82) is 0 Å². The molecule has 21 heavy (non-hydrogen) atoms. The lowest BCUT2D eigenvalue weighted by atomic mass is 9.78. The van der Waals surface area contributed by atoms with Crippen molar-refractivity contribution in [3.05, 3.63) is 28.2 Å². The van der Waals surface area contributed by atoms with Crippen molar-refractivity contribution in [3.8, 4) is 0 Å². The third-order valence-electron chi connectivity index (χ3n) is 4.32. The van der Waals surface area contributed by atoms with E-state index in [4.69, 9.17) is 0 Å². The summed E-state index contributed by atoms with van der Waals surface area (Å²) in [6.45, 7) is 3.77. The molecule has 0 atom stereocenters. The van der Waals surface area contributed by atoms with Crippen molar-refractivity contribution in [2.24, 2.45) is 5.92 Å². The van der Waals surface area contributed by atoms with Crippen molar-refractivity contribution in [2.45, 2.75) is 50.0 Å². The molecule has 1 aliphatic carbocycles. The van der Waals surface area contributed by atoms with Crippen LogP contribution in [0.5, 0.6) is 0 Å². The number of aliphatic hydroxyl groups excluding tert-OH is 1. The van der Waals surface area contributed by atoms with Gasteiger partial charge in [0.1, 0.15) is 0 Å². The lowest BCUT2D eigenvalue weighted by Gasteiger charge is -2.38. The van der Waals surface area contributed by atoms with Gasteiger partial charge in [0.2, 0.25) is 10.0 Å². The van der Waals surface area contributed by atoms with E-state index >= 15 is 0 Å². The third-order valence-corrected chi connectivity index (χ3v) is 6.54. The Labute approximate surface area is 135 Å². The molecule has 1 aromatic carbocycles. The van der Waals surface area contributed by atoms with Crippen molar-refractivity contribution >= 4 is 26.0 Å². The molecule has 0 aromatic heterocycles. The maximum absolute atomic E-state index is 12.7. The SMILES string of the molecule is Cc1ccc(Br)cc1S(=O)(=O)NC1(CO)CCC(C)CC1. The van der Waals surface area contributed by atoms with Gasteiger partial charge in [-0.15, -0.1) is 0 Å². The van der Waals surface area contributed by atoms with Gasteiger partial charge in [-0.05, 0) is 56.2 Å². The Hall–Kier alpha value is -0.430. The molecule has 1 aromatic rings. The first kappa shape index (κ1) is 16.9. The van der Waals surface area contributed by atoms with Crippen molar-refractivity contribution in [3.63, 3.8) is 0 Å². The minimum atomic E-state index is -3.64. The zero-order valence-corrected chi connectivity index (χ0v) is 14.8. The highest BCUT2D eigenvalue weighted by atomic mass is 79.9. The molecule has 1 fully saturated rings. The van der Waals surface area contributed by atoms with E-state index in [-0.39, 0.29) is 11.5 Å². The van der Waals surface area contributed by atoms with Gasteiger partial charge in [0.15, 0.2) is 0 Å². The van der Waals surface area contributed by atoms with Gasteiger partial charge < -0.3 is 5.11 Å². The van der Waals surface area contributed by atoms with E-state index in [1.54, 1.807) is 19.1 Å². The molecule has 0 saturated heterocycles. The van der Waals surface area contributed by atoms with E-state index in [0.29, 0.717) is 24.3 Å². The molecule has 1 aliphatic rings. The zero-order chi connectivity index (χ0) is 15.7. The number of nitrogens with one attached hydrogen (secondary N) is 1. The molecule has 2 rings (SSSR count). The largest absolute Gasteiger partial charge is 0.394 e. The van der Waals surface area contributed by atoms with E-state index in [9.17, 15) is 13.5 Å². The molecule has 1 saturated carbocycles. The molecule has 0 amide bonds. The number of aryl methyl sites for hydroxylation is 1. The minimum absolute atomic E-state index is 0.161. The highest BCUT2D eigenvalue weighted by molar-refractivity contribution is 9.10. The van der Waals surface area contributed by atoms with Crippen LogP contribution >= 0.6 is 15.9 Å². The van der Waals surface area contributed by atoms with Gasteiger partial charge in [0.05, 0.1) is 17.0 Å². The molecule has 118 valence electrons. The normalized spacial score (nSPS) is 26.8. The Bertz CT molecular complexity index is 607. The Morgan fingerprint density at radius 3 is 2.57 bits per heavy atom. The van der Waals surface area contributed by atoms with Crippen LogP contribution in [0.15, 0.2) is 27.6 Å². The van der Waals surface area contributed by atoms with E-state index in [1.807, 2.05) is 6.07 Å². The fourth-order valence-corrected chi connectivity index (χ4v) is 5.05. The summed E-state index contributed by atoms with van der Waals surface area (Å²) >= 11 is 3.31. The van der Waals surface area contributed by atoms with Crippen molar-refractivity contribution in [2.75, 3.05) is 6.61 Å². The first-order chi connectivity index (χ1) is 9.78. The minimum Gasteiger partial charge on any atom is -0.394 e. The summed E-state index contributed by atoms with van der Waals surface area (Å²) in [5.74, 6) is 0.585. The van der Waals surface area contributed by atoms with Crippen LogP contribution < -0.4 is 4.72 Å². The predicted molar refractivity (Wildman–Crippen MR) is 86.6 cm³/mol. The summed E-state index contributed by atoms with van der Waals surface area (Å²) in [6, 6.07) is 5.19. The van der Waals surface area contributed by atoms with E-state index < -0.39 is 15.6 Å². The van der Waals surface area contributed by atoms with Crippen LogP contribution in [0.3, 0.4) is 0 Å². The topological polar surface area (TPSA) is 66.4 Å². The third kappa shape index (κ3) is 3.86. The maximum Gasteiger partial charge on any atom is 0.241 e. The average molecular weight is 376 g/mol. The van der Waals surface area contributed by atoms with Gasteiger partial charge >= 0.3 is 0 Å². The number of aliphatic hydroxyl groups is 1. The molecular weight excluding hydrogens is 354 g/mol. The maximum atomic E-state index is 12.7. The molecule has 2 N–H and O–H groups in total. The fourth-order valence-electron chi connectivity index (χ4n) is 2.81. The molecule has 0 aliphatic heterocycles. The first-order valence-corrected chi connectivity index (χ1v) is 9.47. The average Bonchev–Trinajstić information content (AvgIpc) is 2.44. The highest BCUT2D eigenvalue weighted by Gasteiger charge is 2.38. The van der Waals surface area contributed by atoms with Crippen molar-refractivity contribution < 1.29 is 13.5 Å². The van der Waals surface area contributed by atoms with Gasteiger partial charge in [-0.1, -0.05) is 28.9 Å². The van der Waals surface area contributed by atoms with Gasteiger partial charge in [0.25, 0.3) is 0 Å². The Morgan fingerprint density at radius 2 is 2.00 bits per heavy atom. The van der Waals surface area contributed by atoms with E-state index in [1.165, 1.54) is 0 Å². The number of benzene rings is 1. The summed E-state index contributed by atoms with van der Waals surface area (Å²) in [5.41, 5.74) is -0.0249. The second-order valence-corrected chi connectivity index (χ2v) is 8.70. The van der Waals surface area contributed by atoms with E-state index in [0.717, 1.165) is 17.3 Å². The Kier molecular flexibility index (Phi) is 5.13. The quantitative estimate of drug-likeness (QED) is 0.849. The van der Waals surface area contributed by atoms with E-state index in [2.05, 4.69) is 27.6 Å². The zero-order valence-electron chi connectivity index (χ0n) is 12.4. The summed E-state index contributed by atoms with van der Waals surface area (Å²) in [7, 11) is -3.64. The van der Waals surface area contributed by atoms with Crippen LogP contribution in [-0.2, 0) is 10.0 Å². The molecule has 0 radical (unpaired) electrons. The van der Waals surface area contributed by atoms with Crippen LogP contribution in [0, 0.1) is 12.8 Å². The van der Waals surface area contributed by atoms with Gasteiger partial charge in [0, 0.05) is 4.47 Å². The van der Waals surface area contributed by atoms with Gasteiger partial charge in [-0.25, -0.2) is 13.1 Å². The van der Waals surface area contributed by atoms with Crippen LogP contribution in [0.1, 0.15) is 38.2 Å². The predicted octanol–water partition coefficient (Wildman–Crippen LogP) is 2.98. The van der Waals surface area contributed by atoms with Gasteiger partial charge in [-0.2, -0.15) is 0 Å². The lowest BCUT2D eigenvalue weighted by Crippen LogP contribution is -2.53. The number of sulfonamides is 1. The lowest BCUT2D eigenvalue weighted by molar-refractivity contribution is 0.125. The summed E-state index contributed by atoms with van der Waals surface area (Å²) in [4.78, 5) is 0.267. The molecule has 0 unspecified atom stereocenters. The molecule has 6 heteroatoms. The second-order valence-electron chi connectivity index (χ2n) is 6.14. The highest BCUT2D eigenvalue weighted by Crippen LogP contribution is 2.33. The first-order valence-electron chi connectivity index (χ1n) is 7.19. The smallest absolute Gasteiger partial charge is 0.241 e. The number of hydrogen-bond donors (Lipinski definition) is 2. The summed E-state index contributed by atoms with van der Waals surface area (Å²) in [5, 5.41) is 9.73. The van der Waals surface area contributed by atoms with Crippen LogP contribution in [0.2, 0.25) is 0 Å². The number of halogens is 1. The fraction of sp³-hybridized carbons (Fsp3) is 0.600. The second kappa shape index (κ2) is 6.36. The van der Waals surface area contributed by atoms with Crippen LogP contribution in [-0.4, -0.2) is 25.7 Å². The van der Waals surface area contributed by atoms with Crippen LogP contribution in [0.25, 0.3) is 0 Å². The molecule has 0 spiro atoms. The molecular formula is C15H22BrNO3S. The number of hydrogen-bond acceptors (Lipinski definition) is 3. The summed E-state index contributed by atoms with van der Waals surface area (Å²) < 4.78 is 28.8. The Balaban J connectivity index is 2.29.